The monoisotopic (exact) mass is 265 g/mol. The minimum Gasteiger partial charge on any atom is -0.478 e. The van der Waals surface area contributed by atoms with Crippen molar-refractivity contribution >= 4 is 23.6 Å². The van der Waals surface area contributed by atoms with Crippen LogP contribution in [0.4, 0.5) is 0 Å². The van der Waals surface area contributed by atoms with Gasteiger partial charge in [0.15, 0.2) is 0 Å². The van der Waals surface area contributed by atoms with Crippen LogP contribution in [0.1, 0.15) is 27.6 Å². The van der Waals surface area contributed by atoms with Crippen molar-refractivity contribution in [1.82, 2.24) is 4.90 Å². The van der Waals surface area contributed by atoms with E-state index in [1.54, 1.807) is 12.1 Å². The number of carbonyl (C=O) groups excluding carboxylic acids is 1. The summed E-state index contributed by atoms with van der Waals surface area (Å²) in [4.78, 5) is 25.0. The van der Waals surface area contributed by atoms with Crippen molar-refractivity contribution in [2.24, 2.45) is 0 Å². The molecule has 18 heavy (non-hydrogen) atoms. The zero-order valence-corrected chi connectivity index (χ0v) is 10.9. The molecule has 0 saturated carbocycles. The molecule has 0 spiro atoms. The minimum absolute atomic E-state index is 0.0779. The molecule has 0 aromatic heterocycles. The molecule has 1 fully saturated rings. The summed E-state index contributed by atoms with van der Waals surface area (Å²) in [5.74, 6) is 0.789. The van der Waals surface area contributed by atoms with Gasteiger partial charge in [0.05, 0.1) is 5.56 Å². The summed E-state index contributed by atoms with van der Waals surface area (Å²) in [7, 11) is 0. The zero-order valence-electron chi connectivity index (χ0n) is 10.1. The Hall–Kier alpha value is -1.49. The highest BCUT2D eigenvalue weighted by atomic mass is 32.2. The maximum absolute atomic E-state index is 12.3. The fourth-order valence-electron chi connectivity index (χ4n) is 1.98. The van der Waals surface area contributed by atoms with Crippen LogP contribution >= 0.6 is 11.8 Å². The Kier molecular flexibility index (Phi) is 3.91. The lowest BCUT2D eigenvalue weighted by Gasteiger charge is -2.33. The second-order valence-electron chi connectivity index (χ2n) is 4.31. The third kappa shape index (κ3) is 2.67. The Morgan fingerprint density at radius 2 is 2.11 bits per heavy atom. The van der Waals surface area contributed by atoms with Gasteiger partial charge < -0.3 is 10.0 Å². The van der Waals surface area contributed by atoms with E-state index >= 15 is 0 Å². The summed E-state index contributed by atoms with van der Waals surface area (Å²) in [5, 5.41) is 8.93. The van der Waals surface area contributed by atoms with Crippen molar-refractivity contribution in [3.8, 4) is 0 Å². The van der Waals surface area contributed by atoms with Gasteiger partial charge in [0.2, 0.25) is 0 Å². The number of aromatic carboxylic acids is 1. The standard InChI is InChI=1S/C13H15NO3S/c1-9-8-18-6-5-14(9)12(15)10-3-2-4-11(7-10)13(16)17/h2-4,7,9H,5-6,8H2,1H3,(H,16,17). The summed E-state index contributed by atoms with van der Waals surface area (Å²) in [6, 6.07) is 6.42. The van der Waals surface area contributed by atoms with E-state index in [-0.39, 0.29) is 17.5 Å². The van der Waals surface area contributed by atoms with E-state index in [1.807, 2.05) is 23.6 Å². The lowest BCUT2D eigenvalue weighted by Crippen LogP contribution is -2.44. The summed E-state index contributed by atoms with van der Waals surface area (Å²) in [5.41, 5.74) is 0.605. The van der Waals surface area contributed by atoms with Gasteiger partial charge >= 0.3 is 5.97 Å². The van der Waals surface area contributed by atoms with Crippen LogP contribution in [0.15, 0.2) is 24.3 Å². The van der Waals surface area contributed by atoms with Gasteiger partial charge in [-0.3, -0.25) is 4.79 Å². The lowest BCUT2D eigenvalue weighted by molar-refractivity contribution is 0.0697. The van der Waals surface area contributed by atoms with Crippen LogP contribution in [0, 0.1) is 0 Å². The fourth-order valence-corrected chi connectivity index (χ4v) is 2.99. The van der Waals surface area contributed by atoms with Crippen LogP contribution in [0.2, 0.25) is 0 Å². The zero-order chi connectivity index (χ0) is 13.1. The molecule has 1 heterocycles. The van der Waals surface area contributed by atoms with Crippen LogP contribution in [0.5, 0.6) is 0 Å². The Bertz CT molecular complexity index is 475. The topological polar surface area (TPSA) is 57.6 Å². The first-order chi connectivity index (χ1) is 8.59. The van der Waals surface area contributed by atoms with E-state index in [1.165, 1.54) is 12.1 Å². The number of thioether (sulfide) groups is 1. The SMILES string of the molecule is CC1CSCCN1C(=O)c1cccc(C(=O)O)c1. The van der Waals surface area contributed by atoms with Crippen LogP contribution < -0.4 is 0 Å². The van der Waals surface area contributed by atoms with Gasteiger partial charge in [-0.25, -0.2) is 4.79 Å². The van der Waals surface area contributed by atoms with Crippen LogP contribution in [-0.4, -0.2) is 46.0 Å². The number of carboxylic acid groups (broad SMARTS) is 1. The fraction of sp³-hybridized carbons (Fsp3) is 0.385. The number of carboxylic acids is 1. The molecule has 2 rings (SSSR count). The van der Waals surface area contributed by atoms with Gasteiger partial charge in [-0.2, -0.15) is 11.8 Å². The molecule has 4 nitrogen and oxygen atoms in total. The Morgan fingerprint density at radius 1 is 1.39 bits per heavy atom. The van der Waals surface area contributed by atoms with E-state index in [0.29, 0.717) is 5.56 Å². The molecule has 0 aliphatic carbocycles. The van der Waals surface area contributed by atoms with E-state index in [2.05, 4.69) is 0 Å². The molecule has 1 aliphatic heterocycles. The molecule has 1 atom stereocenters. The number of benzene rings is 1. The number of hydrogen-bond acceptors (Lipinski definition) is 3. The quantitative estimate of drug-likeness (QED) is 0.888. The normalized spacial score (nSPS) is 19.6. The molecule has 1 amide bonds. The highest BCUT2D eigenvalue weighted by Gasteiger charge is 2.24. The molecular formula is C13H15NO3S. The lowest BCUT2D eigenvalue weighted by atomic mass is 10.1. The van der Waals surface area contributed by atoms with Crippen molar-refractivity contribution < 1.29 is 14.7 Å². The van der Waals surface area contributed by atoms with Crippen LogP contribution in [-0.2, 0) is 0 Å². The number of hydrogen-bond donors (Lipinski definition) is 1. The van der Waals surface area contributed by atoms with Crippen molar-refractivity contribution in [1.29, 1.82) is 0 Å². The second-order valence-corrected chi connectivity index (χ2v) is 5.46. The molecule has 0 radical (unpaired) electrons. The summed E-state index contributed by atoms with van der Waals surface area (Å²) < 4.78 is 0. The Morgan fingerprint density at radius 3 is 2.78 bits per heavy atom. The first kappa shape index (κ1) is 13.0. The molecular weight excluding hydrogens is 250 g/mol. The van der Waals surface area contributed by atoms with Crippen molar-refractivity contribution in [3.63, 3.8) is 0 Å². The molecule has 5 heteroatoms. The van der Waals surface area contributed by atoms with Crippen LogP contribution in [0.25, 0.3) is 0 Å². The van der Waals surface area contributed by atoms with E-state index in [0.717, 1.165) is 18.1 Å². The number of carbonyl (C=O) groups is 2. The smallest absolute Gasteiger partial charge is 0.335 e. The van der Waals surface area contributed by atoms with E-state index < -0.39 is 5.97 Å². The summed E-state index contributed by atoms with van der Waals surface area (Å²) in [6.07, 6.45) is 0. The van der Waals surface area contributed by atoms with Crippen molar-refractivity contribution in [2.75, 3.05) is 18.1 Å². The first-order valence-corrected chi connectivity index (χ1v) is 6.97. The molecule has 1 aromatic rings. The summed E-state index contributed by atoms with van der Waals surface area (Å²) in [6.45, 7) is 2.74. The Balaban J connectivity index is 2.22. The number of amides is 1. The van der Waals surface area contributed by atoms with Gasteiger partial charge in [-0.1, -0.05) is 6.07 Å². The third-order valence-electron chi connectivity index (χ3n) is 2.98. The maximum Gasteiger partial charge on any atom is 0.335 e. The molecule has 1 aromatic carbocycles. The molecule has 1 N–H and O–H groups in total. The predicted octanol–water partition coefficient (Wildman–Crippen LogP) is 1.96. The molecule has 96 valence electrons. The highest BCUT2D eigenvalue weighted by molar-refractivity contribution is 7.99. The average Bonchev–Trinajstić information content (AvgIpc) is 2.38. The molecule has 1 saturated heterocycles. The average molecular weight is 265 g/mol. The van der Waals surface area contributed by atoms with Gasteiger partial charge in [-0.05, 0) is 25.1 Å². The number of rotatable bonds is 2. The number of nitrogens with zero attached hydrogens (tertiary/aromatic N) is 1. The van der Waals surface area contributed by atoms with Gasteiger partial charge in [0.1, 0.15) is 0 Å². The van der Waals surface area contributed by atoms with E-state index in [9.17, 15) is 9.59 Å². The predicted molar refractivity (Wildman–Crippen MR) is 71.2 cm³/mol. The van der Waals surface area contributed by atoms with Gasteiger partial charge in [0.25, 0.3) is 5.91 Å². The Labute approximate surface area is 110 Å². The van der Waals surface area contributed by atoms with Crippen LogP contribution in [0.3, 0.4) is 0 Å². The minimum atomic E-state index is -1.01. The van der Waals surface area contributed by atoms with Gasteiger partial charge in [-0.15, -0.1) is 0 Å². The molecule has 1 unspecified atom stereocenters. The largest absolute Gasteiger partial charge is 0.478 e. The van der Waals surface area contributed by atoms with Crippen molar-refractivity contribution in [2.45, 2.75) is 13.0 Å². The van der Waals surface area contributed by atoms with Crippen molar-refractivity contribution in [3.05, 3.63) is 35.4 Å². The highest BCUT2D eigenvalue weighted by Crippen LogP contribution is 2.19. The summed E-state index contributed by atoms with van der Waals surface area (Å²) >= 11 is 1.84. The maximum atomic E-state index is 12.3. The molecule has 0 bridgehead atoms. The molecule has 1 aliphatic rings. The van der Waals surface area contributed by atoms with Gasteiger partial charge in [0, 0.05) is 29.7 Å². The second kappa shape index (κ2) is 5.44. The third-order valence-corrected chi connectivity index (χ3v) is 4.17. The van der Waals surface area contributed by atoms with E-state index in [4.69, 9.17) is 5.11 Å². The first-order valence-electron chi connectivity index (χ1n) is 5.81.